The van der Waals surface area contributed by atoms with Gasteiger partial charge in [0.25, 0.3) is 0 Å². The molecular formula is C8H10INO. The summed E-state index contributed by atoms with van der Waals surface area (Å²) in [7, 11) is 0. The maximum absolute atomic E-state index is 4.91. The van der Waals surface area contributed by atoms with Gasteiger partial charge >= 0.3 is 0 Å². The Hall–Kier alpha value is -0.320. The van der Waals surface area contributed by atoms with Crippen LogP contribution in [0.25, 0.3) is 0 Å². The van der Waals surface area contributed by atoms with E-state index in [4.69, 9.17) is 3.07 Å². The van der Waals surface area contributed by atoms with Crippen LogP contribution >= 0.6 is 23.0 Å². The van der Waals surface area contributed by atoms with Crippen molar-refractivity contribution < 1.29 is 3.07 Å². The van der Waals surface area contributed by atoms with Crippen LogP contribution in [-0.4, -0.2) is 4.98 Å². The molecule has 1 heterocycles. The Bertz CT molecular complexity index is 220. The molecule has 0 saturated heterocycles. The Morgan fingerprint density at radius 2 is 2.18 bits per heavy atom. The molecule has 0 bridgehead atoms. The first kappa shape index (κ1) is 8.77. The van der Waals surface area contributed by atoms with E-state index in [1.807, 2.05) is 41.3 Å². The lowest BCUT2D eigenvalue weighted by molar-refractivity contribution is 0.677. The number of hydrogen-bond donors (Lipinski definition) is 0. The molecule has 1 aromatic rings. The van der Waals surface area contributed by atoms with E-state index in [1.54, 1.807) is 0 Å². The maximum atomic E-state index is 4.91. The molecule has 0 unspecified atom stereocenters. The van der Waals surface area contributed by atoms with Crippen molar-refractivity contribution in [1.29, 1.82) is 0 Å². The first-order valence-electron chi connectivity index (χ1n) is 3.48. The average molecular weight is 263 g/mol. The van der Waals surface area contributed by atoms with Crippen molar-refractivity contribution in [1.82, 2.24) is 4.98 Å². The summed E-state index contributed by atoms with van der Waals surface area (Å²) in [5.74, 6) is 1.20. The fourth-order valence-electron chi connectivity index (χ4n) is 0.779. The highest BCUT2D eigenvalue weighted by atomic mass is 127. The molecule has 0 saturated carbocycles. The SMILES string of the molecule is CC(C)c1ccc(OI)nc1. The van der Waals surface area contributed by atoms with Gasteiger partial charge in [0.05, 0.1) is 0 Å². The van der Waals surface area contributed by atoms with Gasteiger partial charge in [-0.2, -0.15) is 0 Å². The minimum Gasteiger partial charge on any atom is -0.408 e. The largest absolute Gasteiger partial charge is 0.408 e. The zero-order valence-corrected chi connectivity index (χ0v) is 8.70. The molecule has 11 heavy (non-hydrogen) atoms. The van der Waals surface area contributed by atoms with Crippen LogP contribution in [-0.2, 0) is 0 Å². The van der Waals surface area contributed by atoms with Crippen LogP contribution in [0.3, 0.4) is 0 Å². The van der Waals surface area contributed by atoms with E-state index in [9.17, 15) is 0 Å². The Morgan fingerprint density at radius 3 is 2.55 bits per heavy atom. The third kappa shape index (κ3) is 2.32. The molecule has 0 aliphatic heterocycles. The van der Waals surface area contributed by atoms with E-state index in [1.165, 1.54) is 5.56 Å². The first-order chi connectivity index (χ1) is 5.24. The normalized spacial score (nSPS) is 10.2. The van der Waals surface area contributed by atoms with E-state index in [0.29, 0.717) is 11.8 Å². The Morgan fingerprint density at radius 1 is 1.45 bits per heavy atom. The van der Waals surface area contributed by atoms with Crippen molar-refractivity contribution in [3.8, 4) is 5.88 Å². The minimum absolute atomic E-state index is 0.533. The smallest absolute Gasteiger partial charge is 0.224 e. The van der Waals surface area contributed by atoms with Crippen LogP contribution in [0.4, 0.5) is 0 Å². The van der Waals surface area contributed by atoms with Crippen LogP contribution in [0.5, 0.6) is 5.88 Å². The molecule has 60 valence electrons. The van der Waals surface area contributed by atoms with Gasteiger partial charge in [0.1, 0.15) is 0 Å². The van der Waals surface area contributed by atoms with Crippen LogP contribution in [0.2, 0.25) is 0 Å². The van der Waals surface area contributed by atoms with Crippen molar-refractivity contribution in [2.24, 2.45) is 0 Å². The van der Waals surface area contributed by atoms with Crippen molar-refractivity contribution in [2.75, 3.05) is 0 Å². The summed E-state index contributed by atoms with van der Waals surface area (Å²) >= 11 is 1.82. The highest BCUT2D eigenvalue weighted by Gasteiger charge is 1.98. The van der Waals surface area contributed by atoms with E-state index < -0.39 is 0 Å². The molecule has 0 radical (unpaired) electrons. The van der Waals surface area contributed by atoms with Crippen LogP contribution in [0, 0.1) is 0 Å². The molecule has 0 N–H and O–H groups in total. The standard InChI is InChI=1S/C8H10INO/c1-6(2)7-3-4-8(11-9)10-5-7/h3-6H,1-2H3. The summed E-state index contributed by atoms with van der Waals surface area (Å²) in [6.07, 6.45) is 1.85. The highest BCUT2D eigenvalue weighted by molar-refractivity contribution is 14.1. The molecule has 0 fully saturated rings. The predicted molar refractivity (Wildman–Crippen MR) is 53.0 cm³/mol. The van der Waals surface area contributed by atoms with E-state index in [2.05, 4.69) is 18.8 Å². The highest BCUT2D eigenvalue weighted by Crippen LogP contribution is 2.16. The average Bonchev–Trinajstić information content (AvgIpc) is 2.05. The van der Waals surface area contributed by atoms with Crippen LogP contribution in [0.15, 0.2) is 18.3 Å². The first-order valence-corrected chi connectivity index (χ1v) is 4.36. The molecule has 0 aliphatic rings. The van der Waals surface area contributed by atoms with Crippen LogP contribution in [0.1, 0.15) is 25.3 Å². The molecule has 3 heteroatoms. The fraction of sp³-hybridized carbons (Fsp3) is 0.375. The van der Waals surface area contributed by atoms with Gasteiger partial charge in [0.2, 0.25) is 5.88 Å². The van der Waals surface area contributed by atoms with E-state index in [-0.39, 0.29) is 0 Å². The maximum Gasteiger partial charge on any atom is 0.224 e. The number of nitrogens with zero attached hydrogens (tertiary/aromatic N) is 1. The number of halogens is 1. The van der Waals surface area contributed by atoms with Gasteiger partial charge in [-0.25, -0.2) is 4.98 Å². The van der Waals surface area contributed by atoms with Gasteiger partial charge in [0, 0.05) is 12.3 Å². The van der Waals surface area contributed by atoms with E-state index in [0.717, 1.165) is 0 Å². The van der Waals surface area contributed by atoms with Crippen molar-refractivity contribution in [3.63, 3.8) is 0 Å². The lowest BCUT2D eigenvalue weighted by atomic mass is 10.1. The van der Waals surface area contributed by atoms with Gasteiger partial charge < -0.3 is 3.07 Å². The van der Waals surface area contributed by atoms with Gasteiger partial charge in [-0.05, 0) is 11.5 Å². The number of aromatic nitrogens is 1. The molecule has 0 spiro atoms. The summed E-state index contributed by atoms with van der Waals surface area (Å²) in [6.45, 7) is 4.28. The van der Waals surface area contributed by atoms with Gasteiger partial charge in [-0.1, -0.05) is 19.9 Å². The summed E-state index contributed by atoms with van der Waals surface area (Å²) in [4.78, 5) is 4.09. The molecule has 2 nitrogen and oxygen atoms in total. The quantitative estimate of drug-likeness (QED) is 0.765. The fourth-order valence-corrected chi connectivity index (χ4v) is 1.04. The zero-order chi connectivity index (χ0) is 8.27. The minimum atomic E-state index is 0.533. The Balaban J connectivity index is 2.83. The van der Waals surface area contributed by atoms with Crippen molar-refractivity contribution >= 4 is 23.0 Å². The molecule has 1 rings (SSSR count). The lowest BCUT2D eigenvalue weighted by Crippen LogP contribution is -1.88. The molecule has 1 aromatic heterocycles. The van der Waals surface area contributed by atoms with Gasteiger partial charge in [-0.3, -0.25) is 0 Å². The topological polar surface area (TPSA) is 22.1 Å². The summed E-state index contributed by atoms with van der Waals surface area (Å²) in [6, 6.07) is 3.91. The second kappa shape index (κ2) is 3.90. The number of pyridine rings is 1. The summed E-state index contributed by atoms with van der Waals surface area (Å²) < 4.78 is 4.91. The zero-order valence-electron chi connectivity index (χ0n) is 6.54. The molecule has 0 atom stereocenters. The molecule has 0 aromatic carbocycles. The summed E-state index contributed by atoms with van der Waals surface area (Å²) in [5.41, 5.74) is 1.24. The molecule has 0 aliphatic carbocycles. The molecular weight excluding hydrogens is 253 g/mol. The van der Waals surface area contributed by atoms with E-state index >= 15 is 0 Å². The second-order valence-electron chi connectivity index (χ2n) is 2.66. The predicted octanol–water partition coefficient (Wildman–Crippen LogP) is 2.93. The van der Waals surface area contributed by atoms with Gasteiger partial charge in [0.15, 0.2) is 23.0 Å². The number of rotatable bonds is 2. The van der Waals surface area contributed by atoms with Gasteiger partial charge in [-0.15, -0.1) is 0 Å². The monoisotopic (exact) mass is 263 g/mol. The Labute approximate surface area is 80.7 Å². The third-order valence-corrected chi connectivity index (χ3v) is 1.96. The van der Waals surface area contributed by atoms with Crippen molar-refractivity contribution in [2.45, 2.75) is 19.8 Å². The van der Waals surface area contributed by atoms with Crippen molar-refractivity contribution in [3.05, 3.63) is 23.9 Å². The second-order valence-corrected chi connectivity index (χ2v) is 3.10. The molecule has 0 amide bonds. The lowest BCUT2D eigenvalue weighted by Gasteiger charge is -2.03. The van der Waals surface area contributed by atoms with Crippen LogP contribution < -0.4 is 3.07 Å². The third-order valence-electron chi connectivity index (χ3n) is 1.50. The number of hydrogen-bond acceptors (Lipinski definition) is 2. The Kier molecular flexibility index (Phi) is 3.11. The summed E-state index contributed by atoms with van der Waals surface area (Å²) in [5, 5.41) is 0.